The molecule has 148 valence electrons. The minimum Gasteiger partial charge on any atom is -0.496 e. The number of allylic oxidation sites excluding steroid dienone is 1. The van der Waals surface area contributed by atoms with E-state index >= 15 is 0 Å². The Hall–Kier alpha value is -2.43. The number of methoxy groups -OCH3 is 1. The van der Waals surface area contributed by atoms with Crippen LogP contribution >= 0.6 is 0 Å². The van der Waals surface area contributed by atoms with Gasteiger partial charge in [-0.1, -0.05) is 42.5 Å². The highest BCUT2D eigenvalue weighted by atomic mass is 16.5. The number of benzene rings is 2. The molecule has 3 rings (SSSR count). The topological polar surface area (TPSA) is 41.6 Å². The van der Waals surface area contributed by atoms with Crippen LogP contribution in [-0.4, -0.2) is 43.5 Å². The standard InChI is InChI=1S/C24H30N2O2/c1-18-19(2)24(28-3)12-10-21(18)9-11-23(27)15-22-17-26(14-13-25-22)16-20-7-5-4-6-8-20/h4-12,22,25H,13-17H2,1-3H3/b11-9+. The van der Waals surface area contributed by atoms with Gasteiger partial charge in [0.05, 0.1) is 7.11 Å². The lowest BCUT2D eigenvalue weighted by atomic mass is 10.0. The number of ether oxygens (including phenoxy) is 1. The van der Waals surface area contributed by atoms with Crippen LogP contribution < -0.4 is 10.1 Å². The van der Waals surface area contributed by atoms with E-state index in [4.69, 9.17) is 4.74 Å². The molecule has 0 saturated carbocycles. The first-order valence-corrected chi connectivity index (χ1v) is 9.91. The maximum Gasteiger partial charge on any atom is 0.157 e. The summed E-state index contributed by atoms with van der Waals surface area (Å²) >= 11 is 0. The van der Waals surface area contributed by atoms with Gasteiger partial charge in [-0.25, -0.2) is 0 Å². The van der Waals surface area contributed by atoms with Crippen molar-refractivity contribution in [1.82, 2.24) is 10.2 Å². The molecular weight excluding hydrogens is 348 g/mol. The van der Waals surface area contributed by atoms with E-state index in [-0.39, 0.29) is 11.8 Å². The van der Waals surface area contributed by atoms with Crippen molar-refractivity contribution in [2.24, 2.45) is 0 Å². The maximum atomic E-state index is 12.5. The van der Waals surface area contributed by atoms with Crippen LogP contribution in [0.5, 0.6) is 5.75 Å². The lowest BCUT2D eigenvalue weighted by Crippen LogP contribution is -2.50. The highest BCUT2D eigenvalue weighted by Gasteiger charge is 2.21. The van der Waals surface area contributed by atoms with Gasteiger partial charge >= 0.3 is 0 Å². The molecule has 28 heavy (non-hydrogen) atoms. The zero-order valence-corrected chi connectivity index (χ0v) is 17.1. The molecule has 0 aliphatic carbocycles. The highest BCUT2D eigenvalue weighted by Crippen LogP contribution is 2.24. The summed E-state index contributed by atoms with van der Waals surface area (Å²) in [5, 5.41) is 3.49. The van der Waals surface area contributed by atoms with Gasteiger partial charge in [-0.15, -0.1) is 0 Å². The summed E-state index contributed by atoms with van der Waals surface area (Å²) in [5.41, 5.74) is 4.64. The predicted molar refractivity (Wildman–Crippen MR) is 115 cm³/mol. The van der Waals surface area contributed by atoms with E-state index in [1.54, 1.807) is 13.2 Å². The molecule has 1 heterocycles. The summed E-state index contributed by atoms with van der Waals surface area (Å²) in [5.74, 6) is 1.04. The largest absolute Gasteiger partial charge is 0.496 e. The molecular formula is C24H30N2O2. The van der Waals surface area contributed by atoms with Crippen molar-refractivity contribution in [3.8, 4) is 5.75 Å². The molecule has 4 nitrogen and oxygen atoms in total. The van der Waals surface area contributed by atoms with E-state index in [2.05, 4.69) is 41.4 Å². The summed E-state index contributed by atoms with van der Waals surface area (Å²) in [6.07, 6.45) is 4.16. The molecule has 1 N–H and O–H groups in total. The lowest BCUT2D eigenvalue weighted by molar-refractivity contribution is -0.115. The van der Waals surface area contributed by atoms with Crippen LogP contribution in [0.4, 0.5) is 0 Å². The molecule has 2 aromatic rings. The third kappa shape index (κ3) is 5.31. The number of hydrogen-bond acceptors (Lipinski definition) is 4. The Bertz CT molecular complexity index is 830. The van der Waals surface area contributed by atoms with Crippen LogP contribution in [0.3, 0.4) is 0 Å². The summed E-state index contributed by atoms with van der Waals surface area (Å²) in [6, 6.07) is 14.7. The zero-order chi connectivity index (χ0) is 19.9. The molecule has 0 bridgehead atoms. The molecule has 0 radical (unpaired) electrons. The molecule has 1 atom stereocenters. The second-order valence-electron chi connectivity index (χ2n) is 7.48. The van der Waals surface area contributed by atoms with Crippen LogP contribution in [0.25, 0.3) is 6.08 Å². The van der Waals surface area contributed by atoms with Crippen LogP contribution in [0.15, 0.2) is 48.5 Å². The van der Waals surface area contributed by atoms with Gasteiger partial charge in [0.2, 0.25) is 0 Å². The average Bonchev–Trinajstić information content (AvgIpc) is 2.70. The fraction of sp³-hybridized carbons (Fsp3) is 0.375. The number of carbonyl (C=O) groups is 1. The Kier molecular flexibility index (Phi) is 7.01. The highest BCUT2D eigenvalue weighted by molar-refractivity contribution is 5.94. The third-order valence-electron chi connectivity index (χ3n) is 5.48. The number of nitrogens with one attached hydrogen (secondary N) is 1. The van der Waals surface area contributed by atoms with Gasteiger partial charge in [0.1, 0.15) is 5.75 Å². The summed E-state index contributed by atoms with van der Waals surface area (Å²) in [4.78, 5) is 14.9. The molecule has 1 unspecified atom stereocenters. The molecule has 4 heteroatoms. The number of hydrogen-bond donors (Lipinski definition) is 1. The molecule has 1 saturated heterocycles. The summed E-state index contributed by atoms with van der Waals surface area (Å²) < 4.78 is 5.36. The van der Waals surface area contributed by atoms with Gasteiger partial charge in [-0.2, -0.15) is 0 Å². The van der Waals surface area contributed by atoms with Crippen LogP contribution in [0, 0.1) is 13.8 Å². The number of rotatable bonds is 7. The van der Waals surface area contributed by atoms with E-state index in [0.717, 1.165) is 48.6 Å². The zero-order valence-electron chi connectivity index (χ0n) is 17.1. The Labute approximate surface area is 168 Å². The van der Waals surface area contributed by atoms with Gasteiger partial charge in [0.15, 0.2) is 5.78 Å². The lowest BCUT2D eigenvalue weighted by Gasteiger charge is -2.33. The van der Waals surface area contributed by atoms with Gasteiger partial charge in [0, 0.05) is 38.6 Å². The van der Waals surface area contributed by atoms with E-state index < -0.39 is 0 Å². The van der Waals surface area contributed by atoms with Crippen LogP contribution in [-0.2, 0) is 11.3 Å². The second-order valence-corrected chi connectivity index (χ2v) is 7.48. The Balaban J connectivity index is 1.55. The van der Waals surface area contributed by atoms with Crippen molar-refractivity contribution < 1.29 is 9.53 Å². The fourth-order valence-electron chi connectivity index (χ4n) is 3.73. The monoisotopic (exact) mass is 378 g/mol. The van der Waals surface area contributed by atoms with Crippen molar-refractivity contribution in [3.05, 3.63) is 70.8 Å². The molecule has 1 aliphatic rings. The van der Waals surface area contributed by atoms with E-state index in [1.807, 2.05) is 31.2 Å². The first-order chi connectivity index (χ1) is 13.6. The number of carbonyl (C=O) groups excluding carboxylic acids is 1. The van der Waals surface area contributed by atoms with Crippen LogP contribution in [0.1, 0.15) is 28.7 Å². The fourth-order valence-corrected chi connectivity index (χ4v) is 3.73. The Morgan fingerprint density at radius 1 is 1.18 bits per heavy atom. The molecule has 0 aromatic heterocycles. The van der Waals surface area contributed by atoms with Crippen LogP contribution in [0.2, 0.25) is 0 Å². The predicted octanol–water partition coefficient (Wildman–Crippen LogP) is 3.76. The molecule has 1 aliphatic heterocycles. The minimum absolute atomic E-state index is 0.159. The molecule has 0 spiro atoms. The first-order valence-electron chi connectivity index (χ1n) is 9.91. The molecule has 0 amide bonds. The normalized spacial score (nSPS) is 17.8. The average molecular weight is 379 g/mol. The van der Waals surface area contributed by atoms with Gasteiger partial charge < -0.3 is 10.1 Å². The molecule has 2 aromatic carbocycles. The minimum atomic E-state index is 0.159. The van der Waals surface area contributed by atoms with Crippen molar-refractivity contribution >= 4 is 11.9 Å². The third-order valence-corrected chi connectivity index (χ3v) is 5.48. The Morgan fingerprint density at radius 3 is 2.71 bits per heavy atom. The SMILES string of the molecule is COc1ccc(/C=C/C(=O)CC2CN(Cc3ccccc3)CCN2)c(C)c1C. The number of ketones is 1. The number of piperazine rings is 1. The van der Waals surface area contributed by atoms with Gasteiger partial charge in [-0.05, 0) is 48.2 Å². The van der Waals surface area contributed by atoms with Gasteiger partial charge in [0.25, 0.3) is 0 Å². The second kappa shape index (κ2) is 9.67. The summed E-state index contributed by atoms with van der Waals surface area (Å²) in [7, 11) is 1.68. The van der Waals surface area contributed by atoms with Crippen molar-refractivity contribution in [3.63, 3.8) is 0 Å². The first kappa shape index (κ1) is 20.3. The Morgan fingerprint density at radius 2 is 1.96 bits per heavy atom. The summed E-state index contributed by atoms with van der Waals surface area (Å²) in [6.45, 7) is 7.88. The molecule has 1 fully saturated rings. The van der Waals surface area contributed by atoms with Crippen molar-refractivity contribution in [2.75, 3.05) is 26.7 Å². The van der Waals surface area contributed by atoms with Gasteiger partial charge in [-0.3, -0.25) is 9.69 Å². The van der Waals surface area contributed by atoms with Crippen molar-refractivity contribution in [1.29, 1.82) is 0 Å². The maximum absolute atomic E-state index is 12.5. The van der Waals surface area contributed by atoms with Crippen molar-refractivity contribution in [2.45, 2.75) is 32.9 Å². The van der Waals surface area contributed by atoms with E-state index in [0.29, 0.717) is 6.42 Å². The quantitative estimate of drug-likeness (QED) is 0.745. The van der Waals surface area contributed by atoms with E-state index in [9.17, 15) is 4.79 Å². The van der Waals surface area contributed by atoms with E-state index in [1.165, 1.54) is 5.56 Å². The number of nitrogens with zero attached hydrogens (tertiary/aromatic N) is 1. The smallest absolute Gasteiger partial charge is 0.157 e.